The Bertz CT molecular complexity index is 445. The number of nitrogens with zero attached hydrogens (tertiary/aromatic N) is 1. The lowest BCUT2D eigenvalue weighted by Crippen LogP contribution is -2.21. The summed E-state index contributed by atoms with van der Waals surface area (Å²) in [6.45, 7) is 2.49. The molecule has 1 atom stereocenters. The van der Waals surface area contributed by atoms with E-state index in [1.807, 2.05) is 6.92 Å². The van der Waals surface area contributed by atoms with Gasteiger partial charge in [-0.2, -0.15) is 0 Å². The quantitative estimate of drug-likeness (QED) is 0.792. The smallest absolute Gasteiger partial charge is 0.179 e. The molecule has 0 spiro atoms. The molecule has 0 fully saturated rings. The van der Waals surface area contributed by atoms with E-state index in [0.29, 0.717) is 12.4 Å². The van der Waals surface area contributed by atoms with Crippen LogP contribution in [-0.4, -0.2) is 32.2 Å². The normalized spacial score (nSPS) is 13.4. The topological polar surface area (TPSA) is 85.1 Å². The molecule has 0 aliphatic heterocycles. The SMILES string of the molecule is CC(CCN)Nc1ncccc1S(C)(=O)=O. The van der Waals surface area contributed by atoms with Crippen LogP contribution in [0.2, 0.25) is 0 Å². The van der Waals surface area contributed by atoms with Crippen molar-refractivity contribution in [3.63, 3.8) is 0 Å². The van der Waals surface area contributed by atoms with Gasteiger partial charge in [0, 0.05) is 18.5 Å². The van der Waals surface area contributed by atoms with Crippen LogP contribution in [0.3, 0.4) is 0 Å². The number of pyridine rings is 1. The Morgan fingerprint density at radius 1 is 1.56 bits per heavy atom. The highest BCUT2D eigenvalue weighted by atomic mass is 32.2. The van der Waals surface area contributed by atoms with Gasteiger partial charge in [-0.25, -0.2) is 13.4 Å². The summed E-state index contributed by atoms with van der Waals surface area (Å²) < 4.78 is 23.0. The van der Waals surface area contributed by atoms with Gasteiger partial charge in [-0.05, 0) is 32.0 Å². The van der Waals surface area contributed by atoms with Crippen molar-refractivity contribution in [2.75, 3.05) is 18.1 Å². The molecule has 0 saturated heterocycles. The van der Waals surface area contributed by atoms with Crippen LogP contribution in [0, 0.1) is 0 Å². The van der Waals surface area contributed by atoms with Crippen LogP contribution in [0.1, 0.15) is 13.3 Å². The van der Waals surface area contributed by atoms with Crippen LogP contribution >= 0.6 is 0 Å². The summed E-state index contributed by atoms with van der Waals surface area (Å²) in [7, 11) is -3.25. The molecular weight excluding hydrogens is 226 g/mol. The van der Waals surface area contributed by atoms with Crippen LogP contribution in [0.25, 0.3) is 0 Å². The second kappa shape index (κ2) is 5.27. The first-order chi connectivity index (χ1) is 7.45. The molecule has 0 aliphatic rings. The van der Waals surface area contributed by atoms with Gasteiger partial charge in [0.1, 0.15) is 10.7 Å². The Morgan fingerprint density at radius 2 is 2.25 bits per heavy atom. The van der Waals surface area contributed by atoms with Crippen molar-refractivity contribution in [3.8, 4) is 0 Å². The number of nitrogens with two attached hydrogens (primary N) is 1. The molecule has 0 bridgehead atoms. The summed E-state index contributed by atoms with van der Waals surface area (Å²) in [4.78, 5) is 4.26. The number of aromatic nitrogens is 1. The summed E-state index contributed by atoms with van der Waals surface area (Å²) in [5.74, 6) is 0.394. The lowest BCUT2D eigenvalue weighted by molar-refractivity contribution is 0.601. The zero-order chi connectivity index (χ0) is 12.2. The molecule has 6 heteroatoms. The van der Waals surface area contributed by atoms with Gasteiger partial charge >= 0.3 is 0 Å². The van der Waals surface area contributed by atoms with Crippen molar-refractivity contribution >= 4 is 15.7 Å². The predicted molar refractivity (Wildman–Crippen MR) is 64.1 cm³/mol. The van der Waals surface area contributed by atoms with Gasteiger partial charge in [-0.1, -0.05) is 0 Å². The molecule has 3 N–H and O–H groups in total. The highest BCUT2D eigenvalue weighted by Gasteiger charge is 2.14. The molecule has 0 amide bonds. The lowest BCUT2D eigenvalue weighted by atomic mass is 10.2. The fraction of sp³-hybridized carbons (Fsp3) is 0.500. The monoisotopic (exact) mass is 243 g/mol. The lowest BCUT2D eigenvalue weighted by Gasteiger charge is -2.15. The van der Waals surface area contributed by atoms with Crippen LogP contribution in [-0.2, 0) is 9.84 Å². The van der Waals surface area contributed by atoms with Gasteiger partial charge in [0.2, 0.25) is 0 Å². The van der Waals surface area contributed by atoms with E-state index in [-0.39, 0.29) is 10.9 Å². The largest absolute Gasteiger partial charge is 0.366 e. The third-order valence-electron chi connectivity index (χ3n) is 2.15. The van der Waals surface area contributed by atoms with Crippen LogP contribution in [0.5, 0.6) is 0 Å². The highest BCUT2D eigenvalue weighted by molar-refractivity contribution is 7.90. The highest BCUT2D eigenvalue weighted by Crippen LogP contribution is 2.18. The van der Waals surface area contributed by atoms with Gasteiger partial charge in [-0.3, -0.25) is 0 Å². The van der Waals surface area contributed by atoms with E-state index in [9.17, 15) is 8.42 Å². The zero-order valence-electron chi connectivity index (χ0n) is 9.47. The maximum atomic E-state index is 11.5. The first-order valence-electron chi connectivity index (χ1n) is 5.07. The standard InChI is InChI=1S/C10H17N3O2S/c1-8(5-6-11)13-10-9(16(2,14)15)4-3-7-12-10/h3-4,7-8H,5-6,11H2,1-2H3,(H,12,13). The Kier molecular flexibility index (Phi) is 4.26. The van der Waals surface area contributed by atoms with Gasteiger partial charge in [0.15, 0.2) is 9.84 Å². The van der Waals surface area contributed by atoms with Crippen molar-refractivity contribution < 1.29 is 8.42 Å². The van der Waals surface area contributed by atoms with E-state index in [4.69, 9.17) is 5.73 Å². The predicted octanol–water partition coefficient (Wildman–Crippen LogP) is 0.634. The van der Waals surface area contributed by atoms with Crippen molar-refractivity contribution in [3.05, 3.63) is 18.3 Å². The average molecular weight is 243 g/mol. The molecule has 0 aliphatic carbocycles. The maximum Gasteiger partial charge on any atom is 0.179 e. The van der Waals surface area contributed by atoms with Crippen LogP contribution in [0.15, 0.2) is 23.2 Å². The average Bonchev–Trinajstić information content (AvgIpc) is 2.17. The molecule has 0 radical (unpaired) electrons. The molecular formula is C10H17N3O2S. The third-order valence-corrected chi connectivity index (χ3v) is 3.28. The minimum atomic E-state index is -3.25. The molecule has 1 aromatic rings. The molecule has 5 nitrogen and oxygen atoms in total. The third kappa shape index (κ3) is 3.46. The molecule has 1 aromatic heterocycles. The Labute approximate surface area is 96.0 Å². The van der Waals surface area contributed by atoms with Crippen LogP contribution < -0.4 is 11.1 Å². The molecule has 90 valence electrons. The van der Waals surface area contributed by atoms with Crippen molar-refractivity contribution in [1.82, 2.24) is 4.98 Å². The van der Waals surface area contributed by atoms with E-state index in [1.165, 1.54) is 6.26 Å². The second-order valence-corrected chi connectivity index (χ2v) is 5.73. The van der Waals surface area contributed by atoms with Gasteiger partial charge in [-0.15, -0.1) is 0 Å². The zero-order valence-corrected chi connectivity index (χ0v) is 10.3. The molecule has 1 heterocycles. The molecule has 1 rings (SSSR count). The van der Waals surface area contributed by atoms with E-state index in [0.717, 1.165) is 6.42 Å². The minimum absolute atomic E-state index is 0.0976. The Hall–Kier alpha value is -1.14. The minimum Gasteiger partial charge on any atom is -0.366 e. The summed E-state index contributed by atoms with van der Waals surface area (Å²) in [6, 6.07) is 3.25. The van der Waals surface area contributed by atoms with E-state index < -0.39 is 9.84 Å². The van der Waals surface area contributed by atoms with E-state index in [2.05, 4.69) is 10.3 Å². The summed E-state index contributed by atoms with van der Waals surface area (Å²) in [5, 5.41) is 3.05. The summed E-state index contributed by atoms with van der Waals surface area (Å²) >= 11 is 0. The summed E-state index contributed by atoms with van der Waals surface area (Å²) in [6.07, 6.45) is 3.49. The van der Waals surface area contributed by atoms with Crippen molar-refractivity contribution in [2.24, 2.45) is 5.73 Å². The molecule has 1 unspecified atom stereocenters. The second-order valence-electron chi connectivity index (χ2n) is 3.75. The first-order valence-corrected chi connectivity index (χ1v) is 6.96. The molecule has 16 heavy (non-hydrogen) atoms. The molecule has 0 saturated carbocycles. The molecule has 0 aromatic carbocycles. The number of sulfone groups is 1. The van der Waals surface area contributed by atoms with Gasteiger partial charge < -0.3 is 11.1 Å². The number of hydrogen-bond donors (Lipinski definition) is 2. The summed E-state index contributed by atoms with van der Waals surface area (Å²) in [5.41, 5.74) is 5.43. The number of hydrogen-bond acceptors (Lipinski definition) is 5. The van der Waals surface area contributed by atoms with Crippen molar-refractivity contribution in [1.29, 1.82) is 0 Å². The fourth-order valence-electron chi connectivity index (χ4n) is 1.35. The Morgan fingerprint density at radius 3 is 2.81 bits per heavy atom. The maximum absolute atomic E-state index is 11.5. The van der Waals surface area contributed by atoms with Gasteiger partial charge in [0.05, 0.1) is 0 Å². The first kappa shape index (κ1) is 12.9. The fourth-order valence-corrected chi connectivity index (χ4v) is 2.14. The van der Waals surface area contributed by atoms with Crippen LogP contribution in [0.4, 0.5) is 5.82 Å². The number of rotatable bonds is 5. The van der Waals surface area contributed by atoms with Gasteiger partial charge in [0.25, 0.3) is 0 Å². The Balaban J connectivity index is 2.96. The van der Waals surface area contributed by atoms with E-state index >= 15 is 0 Å². The number of anilines is 1. The van der Waals surface area contributed by atoms with E-state index in [1.54, 1.807) is 18.3 Å². The van der Waals surface area contributed by atoms with Crippen molar-refractivity contribution in [2.45, 2.75) is 24.3 Å². The number of nitrogens with one attached hydrogen (secondary N) is 1.